The number of hydrogen-bond donors (Lipinski definition) is 1. The second-order valence-corrected chi connectivity index (χ2v) is 5.33. The Labute approximate surface area is 111 Å². The number of aryl methyl sites for hydroxylation is 1. The Kier molecular flexibility index (Phi) is 3.00. The molecule has 19 heavy (non-hydrogen) atoms. The van der Waals surface area contributed by atoms with Gasteiger partial charge >= 0.3 is 5.97 Å². The zero-order valence-electron chi connectivity index (χ0n) is 10.6. The minimum Gasteiger partial charge on any atom is -0.481 e. The predicted molar refractivity (Wildman–Crippen MR) is 66.2 cm³/mol. The van der Waals surface area contributed by atoms with E-state index in [0.717, 1.165) is 12.8 Å². The molecule has 6 nitrogen and oxygen atoms in total. The lowest BCUT2D eigenvalue weighted by Gasteiger charge is -2.23. The molecule has 3 heterocycles. The average Bonchev–Trinajstić information content (AvgIpc) is 3.11. The van der Waals surface area contributed by atoms with E-state index in [2.05, 4.69) is 4.98 Å². The quantitative estimate of drug-likeness (QED) is 0.869. The van der Waals surface area contributed by atoms with Crippen molar-refractivity contribution in [2.45, 2.75) is 44.3 Å². The molecule has 1 amide bonds. The van der Waals surface area contributed by atoms with E-state index >= 15 is 0 Å². The van der Waals surface area contributed by atoms with E-state index in [1.54, 1.807) is 12.5 Å². The number of rotatable bonds is 4. The van der Waals surface area contributed by atoms with Crippen molar-refractivity contribution in [1.29, 1.82) is 0 Å². The lowest BCUT2D eigenvalue weighted by Crippen LogP contribution is -2.38. The Morgan fingerprint density at radius 1 is 1.37 bits per heavy atom. The van der Waals surface area contributed by atoms with Crippen LogP contribution in [0, 0.1) is 5.92 Å². The van der Waals surface area contributed by atoms with E-state index in [-0.39, 0.29) is 23.9 Å². The van der Waals surface area contributed by atoms with Gasteiger partial charge in [0, 0.05) is 37.4 Å². The number of imidazole rings is 1. The highest BCUT2D eigenvalue weighted by atomic mass is 16.4. The second-order valence-electron chi connectivity index (χ2n) is 5.33. The van der Waals surface area contributed by atoms with Gasteiger partial charge in [-0.3, -0.25) is 9.59 Å². The highest BCUT2D eigenvalue weighted by molar-refractivity contribution is 5.80. The summed E-state index contributed by atoms with van der Waals surface area (Å²) in [6.45, 7) is 0.604. The molecule has 3 rings (SSSR count). The van der Waals surface area contributed by atoms with E-state index < -0.39 is 5.97 Å². The largest absolute Gasteiger partial charge is 0.481 e. The summed E-state index contributed by atoms with van der Waals surface area (Å²) in [5.74, 6) is -1.06. The number of hydrogen-bond acceptors (Lipinski definition) is 3. The summed E-state index contributed by atoms with van der Waals surface area (Å²) in [5.41, 5.74) is 0. The molecule has 1 aromatic heterocycles. The summed E-state index contributed by atoms with van der Waals surface area (Å²) in [6, 6.07) is 0.0548. The number of fused-ring (bicyclic) bond motifs is 2. The maximum atomic E-state index is 12.3. The lowest BCUT2D eigenvalue weighted by atomic mass is 9.89. The summed E-state index contributed by atoms with van der Waals surface area (Å²) >= 11 is 0. The first-order valence-electron chi connectivity index (χ1n) is 6.66. The van der Waals surface area contributed by atoms with Gasteiger partial charge in [-0.05, 0) is 19.3 Å². The van der Waals surface area contributed by atoms with E-state index in [1.165, 1.54) is 0 Å². The Hall–Kier alpha value is -1.85. The Morgan fingerprint density at radius 2 is 2.21 bits per heavy atom. The predicted octanol–water partition coefficient (Wildman–Crippen LogP) is 0.737. The second kappa shape index (κ2) is 4.68. The van der Waals surface area contributed by atoms with Crippen LogP contribution in [0.5, 0.6) is 0 Å². The number of carbonyl (C=O) groups excluding carboxylic acids is 1. The van der Waals surface area contributed by atoms with Crippen LogP contribution in [0.25, 0.3) is 0 Å². The van der Waals surface area contributed by atoms with Gasteiger partial charge in [-0.25, -0.2) is 4.98 Å². The minimum absolute atomic E-state index is 0.0740. The van der Waals surface area contributed by atoms with Crippen LogP contribution in [0.4, 0.5) is 0 Å². The molecule has 0 radical (unpaired) electrons. The third kappa shape index (κ3) is 2.11. The van der Waals surface area contributed by atoms with Gasteiger partial charge < -0.3 is 14.6 Å². The SMILES string of the molecule is O=C(O)C1CC2CCC1N2C(=O)CCn1ccnc1. The number of nitrogens with zero attached hydrogens (tertiary/aromatic N) is 3. The van der Waals surface area contributed by atoms with E-state index in [9.17, 15) is 9.59 Å². The normalized spacial score (nSPS) is 28.8. The average molecular weight is 263 g/mol. The fourth-order valence-electron chi connectivity index (χ4n) is 3.42. The number of carboxylic acid groups (broad SMARTS) is 1. The van der Waals surface area contributed by atoms with Crippen LogP contribution in [-0.4, -0.2) is 43.5 Å². The van der Waals surface area contributed by atoms with E-state index in [4.69, 9.17) is 5.11 Å². The summed E-state index contributed by atoms with van der Waals surface area (Å²) in [4.78, 5) is 29.2. The number of carbonyl (C=O) groups is 2. The van der Waals surface area contributed by atoms with Crippen molar-refractivity contribution in [2.24, 2.45) is 5.92 Å². The van der Waals surface area contributed by atoms with Crippen molar-refractivity contribution in [3.8, 4) is 0 Å². The van der Waals surface area contributed by atoms with Crippen LogP contribution < -0.4 is 0 Å². The zero-order valence-corrected chi connectivity index (χ0v) is 10.6. The lowest BCUT2D eigenvalue weighted by molar-refractivity contribution is -0.143. The minimum atomic E-state index is -0.764. The van der Waals surface area contributed by atoms with Crippen molar-refractivity contribution in [3.05, 3.63) is 18.7 Å². The summed E-state index contributed by atoms with van der Waals surface area (Å²) in [6.07, 6.45) is 8.01. The van der Waals surface area contributed by atoms with Gasteiger partial charge in [0.2, 0.25) is 5.91 Å². The van der Waals surface area contributed by atoms with Crippen molar-refractivity contribution in [2.75, 3.05) is 0 Å². The van der Waals surface area contributed by atoms with Crippen LogP contribution in [0.15, 0.2) is 18.7 Å². The molecule has 2 aliphatic rings. The van der Waals surface area contributed by atoms with Gasteiger partial charge in [0.05, 0.1) is 12.2 Å². The van der Waals surface area contributed by atoms with Crippen LogP contribution in [0.2, 0.25) is 0 Å². The topological polar surface area (TPSA) is 75.4 Å². The monoisotopic (exact) mass is 263 g/mol. The molecular weight excluding hydrogens is 246 g/mol. The third-order valence-electron chi connectivity index (χ3n) is 4.29. The molecular formula is C13H17N3O3. The smallest absolute Gasteiger partial charge is 0.308 e. The molecule has 2 aliphatic heterocycles. The van der Waals surface area contributed by atoms with Gasteiger partial charge in [-0.2, -0.15) is 0 Å². The molecule has 3 unspecified atom stereocenters. The molecule has 2 bridgehead atoms. The van der Waals surface area contributed by atoms with Gasteiger partial charge in [0.25, 0.3) is 0 Å². The zero-order chi connectivity index (χ0) is 13.4. The number of carboxylic acids is 1. The molecule has 6 heteroatoms. The maximum absolute atomic E-state index is 12.3. The first kappa shape index (κ1) is 12.2. The Balaban J connectivity index is 1.63. The molecule has 2 saturated heterocycles. The Morgan fingerprint density at radius 3 is 2.84 bits per heavy atom. The molecule has 0 spiro atoms. The van der Waals surface area contributed by atoms with Gasteiger partial charge in [-0.1, -0.05) is 0 Å². The van der Waals surface area contributed by atoms with Crippen LogP contribution >= 0.6 is 0 Å². The first-order chi connectivity index (χ1) is 9.16. The number of aromatic nitrogens is 2. The maximum Gasteiger partial charge on any atom is 0.308 e. The van der Waals surface area contributed by atoms with Crippen molar-refractivity contribution in [3.63, 3.8) is 0 Å². The molecule has 0 aliphatic carbocycles. The van der Waals surface area contributed by atoms with Gasteiger partial charge in [0.15, 0.2) is 0 Å². The van der Waals surface area contributed by atoms with E-state index in [1.807, 2.05) is 15.7 Å². The van der Waals surface area contributed by atoms with Crippen LogP contribution in [0.1, 0.15) is 25.7 Å². The number of aliphatic carboxylic acids is 1. The van der Waals surface area contributed by atoms with Gasteiger partial charge in [-0.15, -0.1) is 0 Å². The molecule has 0 saturated carbocycles. The summed E-state index contributed by atoms with van der Waals surface area (Å²) < 4.78 is 1.87. The van der Waals surface area contributed by atoms with Gasteiger partial charge in [0.1, 0.15) is 0 Å². The van der Waals surface area contributed by atoms with E-state index in [0.29, 0.717) is 19.4 Å². The standard InChI is InChI=1S/C13H17N3O3/c17-12(3-5-15-6-4-14-8-15)16-9-1-2-11(16)10(7-9)13(18)19/h4,6,8-11H,1-3,5,7H2,(H,18,19). The fourth-order valence-corrected chi connectivity index (χ4v) is 3.42. The molecule has 1 aromatic rings. The van der Waals surface area contributed by atoms with Crippen LogP contribution in [-0.2, 0) is 16.1 Å². The fraction of sp³-hybridized carbons (Fsp3) is 0.615. The molecule has 2 fully saturated rings. The molecule has 3 atom stereocenters. The summed E-state index contributed by atoms with van der Waals surface area (Å²) in [7, 11) is 0. The molecule has 102 valence electrons. The molecule has 1 N–H and O–H groups in total. The molecule has 0 aromatic carbocycles. The highest BCUT2D eigenvalue weighted by Gasteiger charge is 2.50. The highest BCUT2D eigenvalue weighted by Crippen LogP contribution is 2.42. The summed E-state index contributed by atoms with van der Waals surface area (Å²) in [5, 5.41) is 9.16. The van der Waals surface area contributed by atoms with Crippen LogP contribution in [0.3, 0.4) is 0 Å². The number of amides is 1. The van der Waals surface area contributed by atoms with Crippen molar-refractivity contribution >= 4 is 11.9 Å². The first-order valence-corrected chi connectivity index (χ1v) is 6.66. The third-order valence-corrected chi connectivity index (χ3v) is 4.29. The van der Waals surface area contributed by atoms with Crippen molar-refractivity contribution < 1.29 is 14.7 Å². The van der Waals surface area contributed by atoms with Crippen molar-refractivity contribution in [1.82, 2.24) is 14.5 Å². The Bertz CT molecular complexity index is 485.